The molecular formula is C23H31Cl2N3O3. The maximum Gasteiger partial charge on any atom is 0.349 e. The van der Waals surface area contributed by atoms with Crippen LogP contribution in [0.2, 0.25) is 0 Å². The van der Waals surface area contributed by atoms with Gasteiger partial charge in [-0.05, 0) is 43.5 Å². The van der Waals surface area contributed by atoms with Gasteiger partial charge < -0.3 is 14.6 Å². The SMILES string of the molecule is Cc1cc(C2CCCNC2)oc(=O)c1C(=O)N1CCN(Cc2ccccc2)CC1.Cl.Cl. The number of piperazine rings is 1. The Morgan fingerprint density at radius 3 is 2.45 bits per heavy atom. The summed E-state index contributed by atoms with van der Waals surface area (Å²) in [6, 6.07) is 12.2. The first kappa shape index (κ1) is 25.4. The van der Waals surface area contributed by atoms with Gasteiger partial charge in [-0.1, -0.05) is 30.3 Å². The molecule has 0 bridgehead atoms. The molecule has 2 fully saturated rings. The quantitative estimate of drug-likeness (QED) is 0.747. The van der Waals surface area contributed by atoms with E-state index in [0.29, 0.717) is 18.8 Å². The smallest absolute Gasteiger partial charge is 0.349 e. The fourth-order valence-electron chi connectivity index (χ4n) is 4.29. The maximum absolute atomic E-state index is 13.0. The van der Waals surface area contributed by atoms with Gasteiger partial charge in [0.25, 0.3) is 5.91 Å². The number of benzene rings is 1. The van der Waals surface area contributed by atoms with Crippen LogP contribution in [0.5, 0.6) is 0 Å². The molecule has 0 radical (unpaired) electrons. The third-order valence-electron chi connectivity index (χ3n) is 5.99. The number of hydrogen-bond donors (Lipinski definition) is 1. The lowest BCUT2D eigenvalue weighted by molar-refractivity contribution is 0.0622. The lowest BCUT2D eigenvalue weighted by Crippen LogP contribution is -2.49. The molecule has 1 N–H and O–H groups in total. The van der Waals surface area contributed by atoms with Crippen LogP contribution in [0.15, 0.2) is 45.6 Å². The summed E-state index contributed by atoms with van der Waals surface area (Å²) < 4.78 is 5.59. The average molecular weight is 468 g/mol. The van der Waals surface area contributed by atoms with E-state index >= 15 is 0 Å². The Balaban J connectivity index is 0.00000171. The van der Waals surface area contributed by atoms with Gasteiger partial charge in [0.1, 0.15) is 11.3 Å². The van der Waals surface area contributed by atoms with Gasteiger partial charge in [-0.15, -0.1) is 24.8 Å². The molecule has 2 aliphatic rings. The van der Waals surface area contributed by atoms with Gasteiger partial charge in [-0.3, -0.25) is 9.69 Å². The number of nitrogens with zero attached hydrogens (tertiary/aromatic N) is 2. The van der Waals surface area contributed by atoms with E-state index in [0.717, 1.165) is 51.1 Å². The van der Waals surface area contributed by atoms with Gasteiger partial charge in [0.15, 0.2) is 0 Å². The topological polar surface area (TPSA) is 65.8 Å². The first-order valence-corrected chi connectivity index (χ1v) is 10.5. The molecule has 4 rings (SSSR count). The van der Waals surface area contributed by atoms with Gasteiger partial charge >= 0.3 is 5.63 Å². The van der Waals surface area contributed by atoms with Crippen molar-refractivity contribution in [2.24, 2.45) is 0 Å². The molecule has 1 unspecified atom stereocenters. The summed E-state index contributed by atoms with van der Waals surface area (Å²) in [5.41, 5.74) is 1.69. The number of halogens is 2. The Kier molecular flexibility index (Phi) is 9.56. The summed E-state index contributed by atoms with van der Waals surface area (Å²) in [7, 11) is 0. The van der Waals surface area contributed by atoms with E-state index in [-0.39, 0.29) is 42.2 Å². The Morgan fingerprint density at radius 1 is 1.13 bits per heavy atom. The summed E-state index contributed by atoms with van der Waals surface area (Å²) in [6.45, 7) is 7.40. The summed E-state index contributed by atoms with van der Waals surface area (Å²) >= 11 is 0. The summed E-state index contributed by atoms with van der Waals surface area (Å²) in [5.74, 6) is 0.702. The van der Waals surface area contributed by atoms with Crippen LogP contribution in [-0.4, -0.2) is 55.0 Å². The fraction of sp³-hybridized carbons (Fsp3) is 0.478. The predicted octanol–water partition coefficient (Wildman–Crippen LogP) is 3.22. The second kappa shape index (κ2) is 11.7. The number of hydrogen-bond acceptors (Lipinski definition) is 5. The molecule has 0 spiro atoms. The van der Waals surface area contributed by atoms with E-state index < -0.39 is 5.63 Å². The third-order valence-corrected chi connectivity index (χ3v) is 5.99. The zero-order valence-electron chi connectivity index (χ0n) is 17.8. The van der Waals surface area contributed by atoms with Crippen LogP contribution in [0.25, 0.3) is 0 Å². The molecule has 8 heteroatoms. The molecule has 0 aliphatic carbocycles. The lowest BCUT2D eigenvalue weighted by atomic mass is 9.95. The highest BCUT2D eigenvalue weighted by atomic mass is 35.5. The second-order valence-corrected chi connectivity index (χ2v) is 8.09. The van der Waals surface area contributed by atoms with E-state index in [1.807, 2.05) is 31.2 Å². The van der Waals surface area contributed by atoms with E-state index in [9.17, 15) is 9.59 Å². The molecule has 3 heterocycles. The molecule has 1 aromatic carbocycles. The summed E-state index contributed by atoms with van der Waals surface area (Å²) in [4.78, 5) is 29.8. The van der Waals surface area contributed by atoms with Crippen LogP contribution in [0.1, 0.15) is 46.0 Å². The largest absolute Gasteiger partial charge is 0.427 e. The Bertz CT molecular complexity index is 906. The average Bonchev–Trinajstić information content (AvgIpc) is 2.75. The number of rotatable bonds is 4. The zero-order valence-corrected chi connectivity index (χ0v) is 19.5. The van der Waals surface area contributed by atoms with Crippen LogP contribution in [-0.2, 0) is 6.54 Å². The van der Waals surface area contributed by atoms with Crippen LogP contribution in [0.3, 0.4) is 0 Å². The molecule has 170 valence electrons. The van der Waals surface area contributed by atoms with Crippen molar-refractivity contribution in [1.82, 2.24) is 15.1 Å². The number of nitrogens with one attached hydrogen (secondary N) is 1. The van der Waals surface area contributed by atoms with Gasteiger partial charge in [0.05, 0.1) is 0 Å². The molecule has 6 nitrogen and oxygen atoms in total. The standard InChI is InChI=1S/C23H29N3O3.2ClH/c1-17-14-20(19-8-5-9-24-15-19)29-23(28)21(17)22(27)26-12-10-25(11-13-26)16-18-6-3-2-4-7-18;;/h2-4,6-7,14,19,24H,5,8-13,15-16H2,1H3;2*1H. The van der Waals surface area contributed by atoms with Gasteiger partial charge in [0, 0.05) is 45.2 Å². The fourth-order valence-corrected chi connectivity index (χ4v) is 4.29. The van der Waals surface area contributed by atoms with Crippen molar-refractivity contribution < 1.29 is 9.21 Å². The third kappa shape index (κ3) is 6.10. The van der Waals surface area contributed by atoms with Crippen molar-refractivity contribution in [1.29, 1.82) is 0 Å². The van der Waals surface area contributed by atoms with E-state index in [1.54, 1.807) is 4.90 Å². The minimum Gasteiger partial charge on any atom is -0.427 e. The number of piperidine rings is 1. The van der Waals surface area contributed by atoms with Gasteiger partial charge in [-0.25, -0.2) is 4.79 Å². The van der Waals surface area contributed by atoms with Gasteiger partial charge in [0.2, 0.25) is 0 Å². The maximum atomic E-state index is 13.0. The predicted molar refractivity (Wildman–Crippen MR) is 127 cm³/mol. The normalized spacial score (nSPS) is 19.3. The Labute approximate surface area is 195 Å². The highest BCUT2D eigenvalue weighted by Gasteiger charge is 2.27. The van der Waals surface area contributed by atoms with E-state index in [2.05, 4.69) is 22.3 Å². The van der Waals surface area contributed by atoms with Gasteiger partial charge in [-0.2, -0.15) is 0 Å². The molecule has 2 aliphatic heterocycles. The number of amides is 1. The molecule has 2 aromatic rings. The van der Waals surface area contributed by atoms with Crippen molar-refractivity contribution in [2.75, 3.05) is 39.3 Å². The monoisotopic (exact) mass is 467 g/mol. The Hall–Kier alpha value is -1.86. The first-order valence-electron chi connectivity index (χ1n) is 10.5. The molecule has 1 atom stereocenters. The zero-order chi connectivity index (χ0) is 20.2. The molecule has 0 saturated carbocycles. The molecule has 1 amide bonds. The highest BCUT2D eigenvalue weighted by molar-refractivity contribution is 5.95. The molecule has 1 aromatic heterocycles. The summed E-state index contributed by atoms with van der Waals surface area (Å²) in [6.07, 6.45) is 2.08. The highest BCUT2D eigenvalue weighted by Crippen LogP contribution is 2.24. The van der Waals surface area contributed by atoms with Crippen molar-refractivity contribution >= 4 is 30.7 Å². The first-order chi connectivity index (χ1) is 14.1. The second-order valence-electron chi connectivity index (χ2n) is 8.09. The number of carbonyl (C=O) groups is 1. The minimum atomic E-state index is -0.498. The van der Waals surface area contributed by atoms with Crippen molar-refractivity contribution in [3.8, 4) is 0 Å². The van der Waals surface area contributed by atoms with Crippen LogP contribution in [0.4, 0.5) is 0 Å². The van der Waals surface area contributed by atoms with Crippen molar-refractivity contribution in [2.45, 2.75) is 32.2 Å². The van der Waals surface area contributed by atoms with Crippen LogP contribution in [0, 0.1) is 6.92 Å². The number of aryl methyl sites for hydroxylation is 1. The van der Waals surface area contributed by atoms with Crippen molar-refractivity contribution in [3.63, 3.8) is 0 Å². The minimum absolute atomic E-state index is 0. The van der Waals surface area contributed by atoms with Crippen LogP contribution >= 0.6 is 24.8 Å². The molecule has 31 heavy (non-hydrogen) atoms. The number of carbonyl (C=O) groups excluding carboxylic acids is 1. The summed E-state index contributed by atoms with van der Waals surface area (Å²) in [5, 5.41) is 3.34. The van der Waals surface area contributed by atoms with E-state index in [1.165, 1.54) is 5.56 Å². The molecular weight excluding hydrogens is 437 g/mol. The van der Waals surface area contributed by atoms with E-state index in [4.69, 9.17) is 4.42 Å². The molecule has 2 saturated heterocycles. The lowest BCUT2D eigenvalue weighted by Gasteiger charge is -2.34. The van der Waals surface area contributed by atoms with Crippen molar-refractivity contribution in [3.05, 3.63) is 69.3 Å². The Morgan fingerprint density at radius 2 is 1.84 bits per heavy atom. The van der Waals surface area contributed by atoms with Crippen LogP contribution < -0.4 is 10.9 Å².